The minimum atomic E-state index is -0.619. The summed E-state index contributed by atoms with van der Waals surface area (Å²) in [5.74, 6) is -1.24. The van der Waals surface area contributed by atoms with Gasteiger partial charge >= 0.3 is 0 Å². The van der Waals surface area contributed by atoms with Gasteiger partial charge in [0, 0.05) is 17.3 Å². The molecule has 14 heavy (non-hydrogen) atoms. The Morgan fingerprint density at radius 2 is 2.07 bits per heavy atom. The highest BCUT2D eigenvalue weighted by Gasteiger charge is 2.12. The highest BCUT2D eigenvalue weighted by molar-refractivity contribution is 9.10. The lowest BCUT2D eigenvalue weighted by atomic mass is 10.1. The zero-order chi connectivity index (χ0) is 10.1. The number of H-pyrrole nitrogens is 1. The van der Waals surface area contributed by atoms with Crippen LogP contribution in [0.2, 0.25) is 0 Å². The van der Waals surface area contributed by atoms with Gasteiger partial charge in [-0.2, -0.15) is 5.10 Å². The third kappa shape index (κ3) is 1.43. The van der Waals surface area contributed by atoms with E-state index in [0.717, 1.165) is 0 Å². The van der Waals surface area contributed by atoms with Crippen molar-refractivity contribution in [3.8, 4) is 11.1 Å². The van der Waals surface area contributed by atoms with Gasteiger partial charge in [-0.1, -0.05) is 0 Å². The predicted molar refractivity (Wildman–Crippen MR) is 51.6 cm³/mol. The molecule has 0 aliphatic rings. The third-order valence-corrected chi connectivity index (χ3v) is 2.57. The van der Waals surface area contributed by atoms with Crippen molar-refractivity contribution in [3.05, 3.63) is 40.6 Å². The van der Waals surface area contributed by atoms with Crippen molar-refractivity contribution in [2.75, 3.05) is 0 Å². The van der Waals surface area contributed by atoms with E-state index in [4.69, 9.17) is 0 Å². The molecule has 0 unspecified atom stereocenters. The Kier molecular flexibility index (Phi) is 2.33. The summed E-state index contributed by atoms with van der Waals surface area (Å²) in [7, 11) is 0. The van der Waals surface area contributed by atoms with Gasteiger partial charge in [0.25, 0.3) is 0 Å². The summed E-state index contributed by atoms with van der Waals surface area (Å²) in [6.07, 6.45) is 3.02. The Morgan fingerprint density at radius 1 is 1.29 bits per heavy atom. The number of nitrogens with one attached hydrogen (secondary N) is 1. The van der Waals surface area contributed by atoms with Crippen LogP contribution in [0.5, 0.6) is 0 Å². The number of halogens is 3. The van der Waals surface area contributed by atoms with E-state index < -0.39 is 11.6 Å². The number of nitrogens with zero attached hydrogens (tertiary/aromatic N) is 1. The average molecular weight is 259 g/mol. The Hall–Kier alpha value is -1.23. The minimum absolute atomic E-state index is 0.156. The second kappa shape index (κ2) is 3.49. The second-order valence-electron chi connectivity index (χ2n) is 2.71. The normalized spacial score (nSPS) is 10.5. The summed E-state index contributed by atoms with van der Waals surface area (Å²) in [4.78, 5) is 0. The maximum Gasteiger partial charge on any atom is 0.148 e. The van der Waals surface area contributed by atoms with Crippen molar-refractivity contribution in [1.29, 1.82) is 0 Å². The van der Waals surface area contributed by atoms with Gasteiger partial charge in [0.05, 0.1) is 10.7 Å². The van der Waals surface area contributed by atoms with E-state index in [1.807, 2.05) is 0 Å². The van der Waals surface area contributed by atoms with E-state index >= 15 is 0 Å². The van der Waals surface area contributed by atoms with Crippen LogP contribution in [-0.2, 0) is 0 Å². The second-order valence-corrected chi connectivity index (χ2v) is 3.50. The number of hydrogen-bond acceptors (Lipinski definition) is 1. The molecule has 0 aliphatic carbocycles. The van der Waals surface area contributed by atoms with Gasteiger partial charge in [0.1, 0.15) is 11.6 Å². The van der Waals surface area contributed by atoms with Gasteiger partial charge in [-0.25, -0.2) is 8.78 Å². The van der Waals surface area contributed by atoms with Crippen molar-refractivity contribution in [2.45, 2.75) is 0 Å². The fourth-order valence-electron chi connectivity index (χ4n) is 1.15. The fraction of sp³-hybridized carbons (Fsp3) is 0. The summed E-state index contributed by atoms with van der Waals surface area (Å²) in [5, 5.41) is 6.25. The van der Waals surface area contributed by atoms with Crippen LogP contribution in [0.1, 0.15) is 0 Å². The predicted octanol–water partition coefficient (Wildman–Crippen LogP) is 3.12. The first-order valence-corrected chi connectivity index (χ1v) is 4.62. The van der Waals surface area contributed by atoms with E-state index in [2.05, 4.69) is 26.1 Å². The molecule has 0 bridgehead atoms. The molecule has 2 nitrogen and oxygen atoms in total. The molecule has 2 rings (SSSR count). The number of aromatic nitrogens is 2. The zero-order valence-electron chi connectivity index (χ0n) is 6.89. The van der Waals surface area contributed by atoms with Crippen LogP contribution < -0.4 is 0 Å². The standard InChI is InChI=1S/C9H5BrF2N2/c10-8-7(11)2-1-6(9(8)12)5-3-13-14-4-5/h1-4H,(H,13,14). The van der Waals surface area contributed by atoms with E-state index in [0.29, 0.717) is 11.1 Å². The fourth-order valence-corrected chi connectivity index (χ4v) is 1.49. The van der Waals surface area contributed by atoms with Crippen LogP contribution in [0.4, 0.5) is 8.78 Å². The van der Waals surface area contributed by atoms with Crippen LogP contribution >= 0.6 is 15.9 Å². The van der Waals surface area contributed by atoms with E-state index in [1.165, 1.54) is 18.3 Å². The molecular formula is C9H5BrF2N2. The summed E-state index contributed by atoms with van der Waals surface area (Å²) >= 11 is 2.83. The Labute approximate surface area is 87.1 Å². The van der Waals surface area contributed by atoms with Gasteiger partial charge in [-0.3, -0.25) is 5.10 Å². The first-order valence-electron chi connectivity index (χ1n) is 3.83. The first-order chi connectivity index (χ1) is 6.70. The van der Waals surface area contributed by atoms with Crippen LogP contribution in [0.3, 0.4) is 0 Å². The molecule has 0 amide bonds. The average Bonchev–Trinajstić information content (AvgIpc) is 2.67. The minimum Gasteiger partial charge on any atom is -0.285 e. The molecule has 1 aromatic heterocycles. The Bertz CT molecular complexity index is 454. The molecule has 0 spiro atoms. The topological polar surface area (TPSA) is 28.7 Å². The number of benzene rings is 1. The van der Waals surface area contributed by atoms with Gasteiger partial charge in [0.15, 0.2) is 0 Å². The van der Waals surface area contributed by atoms with Gasteiger partial charge in [0.2, 0.25) is 0 Å². The van der Waals surface area contributed by atoms with Crippen LogP contribution in [0, 0.1) is 11.6 Å². The molecule has 0 radical (unpaired) electrons. The lowest BCUT2D eigenvalue weighted by Crippen LogP contribution is -1.88. The number of aromatic amines is 1. The van der Waals surface area contributed by atoms with Crippen molar-refractivity contribution in [2.24, 2.45) is 0 Å². The molecule has 0 saturated heterocycles. The van der Waals surface area contributed by atoms with E-state index in [1.54, 1.807) is 6.20 Å². The first kappa shape index (κ1) is 9.33. The number of hydrogen-bond donors (Lipinski definition) is 1. The van der Waals surface area contributed by atoms with Gasteiger partial charge in [-0.15, -0.1) is 0 Å². The van der Waals surface area contributed by atoms with Crippen molar-refractivity contribution >= 4 is 15.9 Å². The van der Waals surface area contributed by atoms with Crippen molar-refractivity contribution in [3.63, 3.8) is 0 Å². The third-order valence-electron chi connectivity index (χ3n) is 1.84. The Balaban J connectivity index is 2.61. The molecule has 0 saturated carbocycles. The monoisotopic (exact) mass is 258 g/mol. The molecule has 0 fully saturated rings. The molecule has 1 N–H and O–H groups in total. The van der Waals surface area contributed by atoms with Gasteiger partial charge in [-0.05, 0) is 28.1 Å². The smallest absolute Gasteiger partial charge is 0.148 e. The summed E-state index contributed by atoms with van der Waals surface area (Å²) < 4.78 is 26.2. The number of rotatable bonds is 1. The zero-order valence-corrected chi connectivity index (χ0v) is 8.48. The molecule has 1 aromatic carbocycles. The summed E-state index contributed by atoms with van der Waals surface area (Å²) in [6.45, 7) is 0. The molecule has 72 valence electrons. The maximum atomic E-state index is 13.5. The van der Waals surface area contributed by atoms with Crippen LogP contribution in [0.25, 0.3) is 11.1 Å². The molecular weight excluding hydrogens is 254 g/mol. The Morgan fingerprint density at radius 3 is 2.71 bits per heavy atom. The molecule has 0 aliphatic heterocycles. The molecule has 5 heteroatoms. The SMILES string of the molecule is Fc1ccc(-c2cn[nH]c2)c(F)c1Br. The van der Waals surface area contributed by atoms with E-state index in [-0.39, 0.29) is 4.47 Å². The highest BCUT2D eigenvalue weighted by atomic mass is 79.9. The van der Waals surface area contributed by atoms with Crippen LogP contribution in [0.15, 0.2) is 29.0 Å². The summed E-state index contributed by atoms with van der Waals surface area (Å²) in [5.41, 5.74) is 0.898. The van der Waals surface area contributed by atoms with Crippen molar-refractivity contribution in [1.82, 2.24) is 10.2 Å². The lowest BCUT2D eigenvalue weighted by Gasteiger charge is -2.02. The highest BCUT2D eigenvalue weighted by Crippen LogP contribution is 2.28. The largest absolute Gasteiger partial charge is 0.285 e. The molecule has 1 heterocycles. The molecule has 0 atom stereocenters. The van der Waals surface area contributed by atoms with Crippen LogP contribution in [-0.4, -0.2) is 10.2 Å². The maximum absolute atomic E-state index is 13.5. The summed E-state index contributed by atoms with van der Waals surface area (Å²) in [6, 6.07) is 2.58. The lowest BCUT2D eigenvalue weighted by molar-refractivity contribution is 0.574. The van der Waals surface area contributed by atoms with Gasteiger partial charge < -0.3 is 0 Å². The van der Waals surface area contributed by atoms with Crippen molar-refractivity contribution < 1.29 is 8.78 Å². The molecule has 2 aromatic rings. The quantitative estimate of drug-likeness (QED) is 0.783. The van der Waals surface area contributed by atoms with E-state index in [9.17, 15) is 8.78 Å².